The van der Waals surface area contributed by atoms with E-state index in [4.69, 9.17) is 9.47 Å². The van der Waals surface area contributed by atoms with Crippen molar-refractivity contribution in [3.8, 4) is 11.5 Å². The third-order valence-electron chi connectivity index (χ3n) is 4.91. The number of nitrogens with zero attached hydrogens (tertiary/aromatic N) is 1. The van der Waals surface area contributed by atoms with E-state index in [2.05, 4.69) is 5.32 Å². The van der Waals surface area contributed by atoms with Gasteiger partial charge in [-0.1, -0.05) is 0 Å². The molecule has 1 amide bonds. The molecule has 0 aliphatic carbocycles. The van der Waals surface area contributed by atoms with Crippen LogP contribution in [0.15, 0.2) is 18.2 Å². The molecule has 2 bridgehead atoms. The van der Waals surface area contributed by atoms with Crippen LogP contribution in [0.25, 0.3) is 0 Å². The molecular weight excluding hydrogens is 328 g/mol. The molecule has 2 heterocycles. The number of aryl methyl sites for hydroxylation is 1. The van der Waals surface area contributed by atoms with Gasteiger partial charge in [-0.05, 0) is 43.4 Å². The van der Waals surface area contributed by atoms with Crippen molar-refractivity contribution in [3.63, 3.8) is 0 Å². The molecule has 24 heavy (non-hydrogen) atoms. The lowest BCUT2D eigenvalue weighted by atomic mass is 10.1. The van der Waals surface area contributed by atoms with E-state index in [1.807, 2.05) is 23.1 Å². The van der Waals surface area contributed by atoms with Gasteiger partial charge in [-0.3, -0.25) is 4.79 Å². The number of methoxy groups -OCH3 is 2. The average molecular weight is 355 g/mol. The Balaban J connectivity index is 0.00000208. The van der Waals surface area contributed by atoms with Gasteiger partial charge in [0.25, 0.3) is 0 Å². The lowest BCUT2D eigenvalue weighted by molar-refractivity contribution is -0.131. The summed E-state index contributed by atoms with van der Waals surface area (Å²) in [5.74, 6) is 1.78. The van der Waals surface area contributed by atoms with Crippen LogP contribution in [-0.4, -0.2) is 50.2 Å². The normalized spacial score (nSPS) is 22.5. The molecule has 0 aromatic heterocycles. The van der Waals surface area contributed by atoms with Crippen LogP contribution in [-0.2, 0) is 11.2 Å². The fourth-order valence-electron chi connectivity index (χ4n) is 3.59. The molecule has 1 N–H and O–H groups in total. The largest absolute Gasteiger partial charge is 0.497 e. The van der Waals surface area contributed by atoms with Crippen LogP contribution in [0.1, 0.15) is 31.2 Å². The Hall–Kier alpha value is -1.46. The smallest absolute Gasteiger partial charge is 0.222 e. The molecule has 0 saturated carbocycles. The number of fused-ring (bicyclic) bond motifs is 2. The Morgan fingerprint density at radius 1 is 1.12 bits per heavy atom. The Morgan fingerprint density at radius 3 is 2.46 bits per heavy atom. The van der Waals surface area contributed by atoms with Crippen molar-refractivity contribution >= 4 is 18.3 Å². The van der Waals surface area contributed by atoms with Crippen molar-refractivity contribution in [2.45, 2.75) is 44.2 Å². The summed E-state index contributed by atoms with van der Waals surface area (Å²) in [6.45, 7) is 1.74. The van der Waals surface area contributed by atoms with Crippen molar-refractivity contribution in [2.75, 3.05) is 27.3 Å². The van der Waals surface area contributed by atoms with Crippen molar-refractivity contribution in [1.82, 2.24) is 10.2 Å². The van der Waals surface area contributed by atoms with Gasteiger partial charge in [-0.15, -0.1) is 12.4 Å². The molecule has 2 fully saturated rings. The van der Waals surface area contributed by atoms with Crippen LogP contribution in [0, 0.1) is 0 Å². The monoisotopic (exact) mass is 354 g/mol. The molecule has 2 aliphatic heterocycles. The SMILES string of the molecule is COc1cc(CCC(=O)N2CCC3CCC(C2)N3)cc(OC)c1.Cl. The Morgan fingerprint density at radius 2 is 1.79 bits per heavy atom. The maximum absolute atomic E-state index is 12.5. The molecule has 2 saturated heterocycles. The highest BCUT2D eigenvalue weighted by molar-refractivity contribution is 5.85. The molecule has 5 nitrogen and oxygen atoms in total. The number of halogens is 1. The van der Waals surface area contributed by atoms with Crippen LogP contribution in [0.2, 0.25) is 0 Å². The van der Waals surface area contributed by atoms with E-state index in [0.29, 0.717) is 24.9 Å². The first-order valence-corrected chi connectivity index (χ1v) is 8.43. The number of carbonyl (C=O) groups is 1. The first kappa shape index (κ1) is 18.9. The summed E-state index contributed by atoms with van der Waals surface area (Å²) in [5, 5.41) is 3.61. The second kappa shape index (κ2) is 8.58. The predicted molar refractivity (Wildman–Crippen MR) is 96.3 cm³/mol. The minimum absolute atomic E-state index is 0. The number of carbonyl (C=O) groups excluding carboxylic acids is 1. The molecule has 0 radical (unpaired) electrons. The topological polar surface area (TPSA) is 50.8 Å². The van der Waals surface area contributed by atoms with Crippen molar-refractivity contribution < 1.29 is 14.3 Å². The van der Waals surface area contributed by atoms with E-state index in [9.17, 15) is 4.79 Å². The van der Waals surface area contributed by atoms with Gasteiger partial charge in [-0.25, -0.2) is 0 Å². The van der Waals surface area contributed by atoms with Gasteiger partial charge >= 0.3 is 0 Å². The zero-order chi connectivity index (χ0) is 16.2. The molecule has 2 aliphatic rings. The number of hydrogen-bond acceptors (Lipinski definition) is 4. The lowest BCUT2D eigenvalue weighted by Crippen LogP contribution is -2.39. The van der Waals surface area contributed by atoms with Gasteiger partial charge in [0.2, 0.25) is 5.91 Å². The fraction of sp³-hybridized carbons (Fsp3) is 0.611. The standard InChI is InChI=1S/C18H26N2O3.ClH/c1-22-16-9-13(10-17(11-16)23-2)3-6-18(21)20-8-7-14-4-5-15(12-20)19-14;/h9-11,14-15,19H,3-8,12H2,1-2H3;1H. The Bertz CT molecular complexity index is 545. The first-order chi connectivity index (χ1) is 11.2. The number of benzene rings is 1. The van der Waals surface area contributed by atoms with Crippen LogP contribution in [0.4, 0.5) is 0 Å². The average Bonchev–Trinajstić information content (AvgIpc) is 2.91. The molecular formula is C18H27ClN2O3. The maximum atomic E-state index is 12.5. The van der Waals surface area contributed by atoms with Crippen LogP contribution in [0.3, 0.4) is 0 Å². The highest BCUT2D eigenvalue weighted by atomic mass is 35.5. The number of amides is 1. The van der Waals surface area contributed by atoms with Crippen LogP contribution < -0.4 is 14.8 Å². The van der Waals surface area contributed by atoms with Crippen LogP contribution >= 0.6 is 12.4 Å². The predicted octanol–water partition coefficient (Wildman–Crippen LogP) is 2.41. The maximum Gasteiger partial charge on any atom is 0.222 e. The van der Waals surface area contributed by atoms with Gasteiger partial charge in [0.15, 0.2) is 0 Å². The summed E-state index contributed by atoms with van der Waals surface area (Å²) in [5.41, 5.74) is 1.07. The van der Waals surface area contributed by atoms with E-state index in [0.717, 1.165) is 36.6 Å². The molecule has 3 rings (SSSR count). The second-order valence-electron chi connectivity index (χ2n) is 6.49. The zero-order valence-electron chi connectivity index (χ0n) is 14.4. The van der Waals surface area contributed by atoms with E-state index >= 15 is 0 Å². The number of ether oxygens (including phenoxy) is 2. The van der Waals surface area contributed by atoms with Gasteiger partial charge in [0.05, 0.1) is 14.2 Å². The summed E-state index contributed by atoms with van der Waals surface area (Å²) >= 11 is 0. The minimum atomic E-state index is 0. The Labute approximate surface area is 150 Å². The minimum Gasteiger partial charge on any atom is -0.497 e. The molecule has 2 atom stereocenters. The summed E-state index contributed by atoms with van der Waals surface area (Å²) in [4.78, 5) is 14.6. The van der Waals surface area contributed by atoms with E-state index in [-0.39, 0.29) is 18.3 Å². The van der Waals surface area contributed by atoms with Gasteiger partial charge in [-0.2, -0.15) is 0 Å². The van der Waals surface area contributed by atoms with E-state index < -0.39 is 0 Å². The molecule has 2 unspecified atom stereocenters. The number of likely N-dealkylation sites (tertiary alicyclic amines) is 1. The number of hydrogen-bond donors (Lipinski definition) is 1. The van der Waals surface area contributed by atoms with Crippen molar-refractivity contribution in [3.05, 3.63) is 23.8 Å². The highest BCUT2D eigenvalue weighted by Crippen LogP contribution is 2.24. The quantitative estimate of drug-likeness (QED) is 0.882. The van der Waals surface area contributed by atoms with Crippen molar-refractivity contribution in [2.24, 2.45) is 0 Å². The summed E-state index contributed by atoms with van der Waals surface area (Å²) in [7, 11) is 3.28. The molecule has 0 spiro atoms. The molecule has 1 aromatic carbocycles. The molecule has 6 heteroatoms. The molecule has 134 valence electrons. The summed E-state index contributed by atoms with van der Waals surface area (Å²) in [6, 6.07) is 6.90. The highest BCUT2D eigenvalue weighted by Gasteiger charge is 2.30. The Kier molecular flexibility index (Phi) is 6.75. The summed E-state index contributed by atoms with van der Waals surface area (Å²) in [6.07, 6.45) is 4.78. The fourth-order valence-corrected chi connectivity index (χ4v) is 3.59. The number of nitrogens with one attached hydrogen (secondary N) is 1. The summed E-state index contributed by atoms with van der Waals surface area (Å²) < 4.78 is 10.6. The zero-order valence-corrected chi connectivity index (χ0v) is 15.2. The second-order valence-corrected chi connectivity index (χ2v) is 6.49. The van der Waals surface area contributed by atoms with Gasteiger partial charge in [0, 0.05) is 37.7 Å². The lowest BCUT2D eigenvalue weighted by Gasteiger charge is -2.24. The van der Waals surface area contributed by atoms with E-state index in [1.165, 1.54) is 12.8 Å². The number of rotatable bonds is 5. The molecule has 1 aromatic rings. The van der Waals surface area contributed by atoms with Gasteiger partial charge < -0.3 is 19.7 Å². The first-order valence-electron chi connectivity index (χ1n) is 8.43. The van der Waals surface area contributed by atoms with Crippen LogP contribution in [0.5, 0.6) is 11.5 Å². The third kappa shape index (κ3) is 4.54. The van der Waals surface area contributed by atoms with Crippen molar-refractivity contribution in [1.29, 1.82) is 0 Å². The third-order valence-corrected chi connectivity index (χ3v) is 4.91. The van der Waals surface area contributed by atoms with E-state index in [1.54, 1.807) is 14.2 Å². The van der Waals surface area contributed by atoms with Gasteiger partial charge in [0.1, 0.15) is 11.5 Å².